The average molecular weight is 386 g/mol. The van der Waals surface area contributed by atoms with Crippen LogP contribution in [-0.4, -0.2) is 51.8 Å². The SMILES string of the molecule is CC(C)CC(=O)N1Cc2ccccc2CC1C(=O)N1CCC(C(=O)O)C(C)C1. The Kier molecular flexibility index (Phi) is 6.06. The van der Waals surface area contributed by atoms with E-state index in [-0.39, 0.29) is 23.7 Å². The summed E-state index contributed by atoms with van der Waals surface area (Å²) in [5, 5.41) is 9.33. The molecule has 3 atom stereocenters. The standard InChI is InChI=1S/C22H30N2O4/c1-14(2)10-20(25)24-13-17-7-5-4-6-16(17)11-19(24)21(26)23-9-8-18(22(27)28)15(3)12-23/h4-7,14-15,18-19H,8-13H2,1-3H3,(H,27,28). The molecule has 2 amide bonds. The van der Waals surface area contributed by atoms with Gasteiger partial charge in [0.15, 0.2) is 0 Å². The highest BCUT2D eigenvalue weighted by atomic mass is 16.4. The minimum absolute atomic E-state index is 0.0105. The van der Waals surface area contributed by atoms with Gasteiger partial charge in [-0.05, 0) is 29.4 Å². The van der Waals surface area contributed by atoms with E-state index in [0.717, 1.165) is 11.1 Å². The Morgan fingerprint density at radius 1 is 1.18 bits per heavy atom. The van der Waals surface area contributed by atoms with Crippen molar-refractivity contribution in [2.75, 3.05) is 13.1 Å². The molecule has 3 rings (SSSR count). The highest BCUT2D eigenvalue weighted by Gasteiger charge is 2.40. The fourth-order valence-corrected chi connectivity index (χ4v) is 4.40. The number of carboxylic acids is 1. The predicted octanol–water partition coefficient (Wildman–Crippen LogP) is 2.56. The topological polar surface area (TPSA) is 77.9 Å². The maximum atomic E-state index is 13.4. The number of piperidine rings is 1. The van der Waals surface area contributed by atoms with E-state index in [9.17, 15) is 19.5 Å². The van der Waals surface area contributed by atoms with E-state index in [2.05, 4.69) is 0 Å². The first-order valence-electron chi connectivity index (χ1n) is 10.2. The summed E-state index contributed by atoms with van der Waals surface area (Å²) in [5.74, 6) is -1.11. The van der Waals surface area contributed by atoms with Crippen LogP contribution in [0.15, 0.2) is 24.3 Å². The van der Waals surface area contributed by atoms with Gasteiger partial charge in [0.25, 0.3) is 0 Å². The second-order valence-electron chi connectivity index (χ2n) is 8.60. The minimum Gasteiger partial charge on any atom is -0.481 e. The highest BCUT2D eigenvalue weighted by Crippen LogP contribution is 2.29. The molecular weight excluding hydrogens is 356 g/mol. The molecule has 1 fully saturated rings. The molecule has 6 heteroatoms. The van der Waals surface area contributed by atoms with Crippen molar-refractivity contribution in [2.24, 2.45) is 17.8 Å². The largest absolute Gasteiger partial charge is 0.481 e. The summed E-state index contributed by atoms with van der Waals surface area (Å²) in [4.78, 5) is 41.1. The van der Waals surface area contributed by atoms with Gasteiger partial charge in [0.05, 0.1) is 5.92 Å². The molecule has 1 saturated heterocycles. The number of nitrogens with zero attached hydrogens (tertiary/aromatic N) is 2. The van der Waals surface area contributed by atoms with E-state index in [1.54, 1.807) is 9.80 Å². The van der Waals surface area contributed by atoms with Gasteiger partial charge in [-0.2, -0.15) is 0 Å². The molecule has 28 heavy (non-hydrogen) atoms. The number of carboxylic acid groups (broad SMARTS) is 1. The van der Waals surface area contributed by atoms with Gasteiger partial charge in [0.1, 0.15) is 6.04 Å². The summed E-state index contributed by atoms with van der Waals surface area (Å²) in [5.41, 5.74) is 2.21. The van der Waals surface area contributed by atoms with Gasteiger partial charge in [-0.1, -0.05) is 45.0 Å². The number of carbonyl (C=O) groups excluding carboxylic acids is 2. The number of hydrogen-bond acceptors (Lipinski definition) is 3. The Hall–Kier alpha value is -2.37. The van der Waals surface area contributed by atoms with Crippen LogP contribution in [-0.2, 0) is 27.3 Å². The number of likely N-dealkylation sites (tertiary alicyclic amines) is 1. The van der Waals surface area contributed by atoms with Gasteiger partial charge < -0.3 is 14.9 Å². The van der Waals surface area contributed by atoms with E-state index in [0.29, 0.717) is 38.9 Å². The molecule has 1 N–H and O–H groups in total. The van der Waals surface area contributed by atoms with Crippen molar-refractivity contribution in [3.8, 4) is 0 Å². The molecule has 2 aliphatic rings. The van der Waals surface area contributed by atoms with E-state index in [1.807, 2.05) is 45.0 Å². The van der Waals surface area contributed by atoms with Crippen LogP contribution in [0.5, 0.6) is 0 Å². The molecule has 2 heterocycles. The number of hydrogen-bond donors (Lipinski definition) is 1. The Morgan fingerprint density at radius 2 is 1.86 bits per heavy atom. The zero-order valence-electron chi connectivity index (χ0n) is 16.9. The lowest BCUT2D eigenvalue weighted by Gasteiger charge is -2.42. The van der Waals surface area contributed by atoms with Crippen molar-refractivity contribution in [3.05, 3.63) is 35.4 Å². The molecular formula is C22H30N2O4. The number of aliphatic carboxylic acids is 1. The Morgan fingerprint density at radius 3 is 2.46 bits per heavy atom. The van der Waals surface area contributed by atoms with Crippen LogP contribution in [0.4, 0.5) is 0 Å². The van der Waals surface area contributed by atoms with Crippen LogP contribution < -0.4 is 0 Å². The molecule has 2 aliphatic heterocycles. The van der Waals surface area contributed by atoms with Crippen molar-refractivity contribution in [1.29, 1.82) is 0 Å². The number of amides is 2. The van der Waals surface area contributed by atoms with E-state index in [1.165, 1.54) is 0 Å². The zero-order chi connectivity index (χ0) is 20.4. The summed E-state index contributed by atoms with van der Waals surface area (Å²) in [6, 6.07) is 7.47. The third-order valence-corrected chi connectivity index (χ3v) is 5.97. The Bertz CT molecular complexity index is 761. The molecule has 1 aromatic carbocycles. The lowest BCUT2D eigenvalue weighted by atomic mass is 9.86. The molecule has 152 valence electrons. The minimum atomic E-state index is -0.792. The molecule has 0 bridgehead atoms. The van der Waals surface area contributed by atoms with Crippen LogP contribution in [0.2, 0.25) is 0 Å². The van der Waals surface area contributed by atoms with E-state index < -0.39 is 17.9 Å². The first-order valence-corrected chi connectivity index (χ1v) is 10.2. The summed E-state index contributed by atoms with van der Waals surface area (Å²) < 4.78 is 0. The van der Waals surface area contributed by atoms with Crippen LogP contribution in [0.25, 0.3) is 0 Å². The number of carbonyl (C=O) groups is 3. The number of fused-ring (bicyclic) bond motifs is 1. The van der Waals surface area contributed by atoms with Crippen LogP contribution in [0.1, 0.15) is 44.7 Å². The molecule has 0 aromatic heterocycles. The third kappa shape index (κ3) is 4.21. The lowest BCUT2D eigenvalue weighted by molar-refractivity contribution is -0.152. The highest BCUT2D eigenvalue weighted by molar-refractivity contribution is 5.89. The summed E-state index contributed by atoms with van der Waals surface area (Å²) in [6.45, 7) is 7.22. The second-order valence-corrected chi connectivity index (χ2v) is 8.60. The van der Waals surface area contributed by atoms with E-state index in [4.69, 9.17) is 0 Å². The van der Waals surface area contributed by atoms with Crippen LogP contribution in [0, 0.1) is 17.8 Å². The fraction of sp³-hybridized carbons (Fsp3) is 0.591. The van der Waals surface area contributed by atoms with Crippen molar-refractivity contribution < 1.29 is 19.5 Å². The Labute approximate surface area is 166 Å². The summed E-state index contributed by atoms with van der Waals surface area (Å²) in [7, 11) is 0. The van der Waals surface area contributed by atoms with Gasteiger partial charge >= 0.3 is 5.97 Å². The predicted molar refractivity (Wildman–Crippen MR) is 105 cm³/mol. The maximum Gasteiger partial charge on any atom is 0.306 e. The molecule has 0 radical (unpaired) electrons. The second kappa shape index (κ2) is 8.33. The van der Waals surface area contributed by atoms with Crippen LogP contribution >= 0.6 is 0 Å². The normalized spacial score (nSPS) is 24.8. The van der Waals surface area contributed by atoms with E-state index >= 15 is 0 Å². The van der Waals surface area contributed by atoms with Crippen molar-refractivity contribution in [3.63, 3.8) is 0 Å². The molecule has 0 aliphatic carbocycles. The van der Waals surface area contributed by atoms with Crippen molar-refractivity contribution >= 4 is 17.8 Å². The van der Waals surface area contributed by atoms with Gasteiger partial charge in [0.2, 0.25) is 11.8 Å². The molecule has 3 unspecified atom stereocenters. The monoisotopic (exact) mass is 386 g/mol. The fourth-order valence-electron chi connectivity index (χ4n) is 4.40. The third-order valence-electron chi connectivity index (χ3n) is 5.97. The van der Waals surface area contributed by atoms with Gasteiger partial charge in [-0.15, -0.1) is 0 Å². The smallest absolute Gasteiger partial charge is 0.306 e. The number of benzene rings is 1. The quantitative estimate of drug-likeness (QED) is 0.863. The Balaban J connectivity index is 1.81. The zero-order valence-corrected chi connectivity index (χ0v) is 16.9. The van der Waals surface area contributed by atoms with Crippen molar-refractivity contribution in [2.45, 2.75) is 52.6 Å². The van der Waals surface area contributed by atoms with Gasteiger partial charge in [0, 0.05) is 32.5 Å². The first-order chi connectivity index (χ1) is 13.3. The molecule has 0 spiro atoms. The van der Waals surface area contributed by atoms with Gasteiger partial charge in [-0.3, -0.25) is 14.4 Å². The molecule has 1 aromatic rings. The maximum absolute atomic E-state index is 13.4. The average Bonchev–Trinajstić information content (AvgIpc) is 2.65. The van der Waals surface area contributed by atoms with Crippen LogP contribution in [0.3, 0.4) is 0 Å². The molecule has 6 nitrogen and oxygen atoms in total. The van der Waals surface area contributed by atoms with Gasteiger partial charge in [-0.25, -0.2) is 0 Å². The molecule has 0 saturated carbocycles. The number of rotatable bonds is 4. The lowest BCUT2D eigenvalue weighted by Crippen LogP contribution is -2.56. The first kappa shape index (κ1) is 20.4. The summed E-state index contributed by atoms with van der Waals surface area (Å²) >= 11 is 0. The summed E-state index contributed by atoms with van der Waals surface area (Å²) in [6.07, 6.45) is 1.40. The van der Waals surface area contributed by atoms with Crippen molar-refractivity contribution in [1.82, 2.24) is 9.80 Å².